The maximum Gasteiger partial charge on any atom is 0.244 e. The van der Waals surface area contributed by atoms with E-state index in [9.17, 15) is 18.0 Å². The number of halogens is 1. The molecule has 0 aliphatic rings. The maximum atomic E-state index is 14.3. The van der Waals surface area contributed by atoms with Crippen molar-refractivity contribution in [1.29, 1.82) is 0 Å². The molecule has 0 heterocycles. The van der Waals surface area contributed by atoms with Gasteiger partial charge in [-0.25, -0.2) is 8.42 Å². The highest BCUT2D eigenvalue weighted by atomic mass is 35.5. The summed E-state index contributed by atoms with van der Waals surface area (Å²) in [5.74, 6) is 0.245. The normalized spacial score (nSPS) is 12.2. The van der Waals surface area contributed by atoms with E-state index in [1.54, 1.807) is 42.5 Å². The highest BCUT2D eigenvalue weighted by molar-refractivity contribution is 7.92. The fourth-order valence-corrected chi connectivity index (χ4v) is 5.82. The molecule has 0 unspecified atom stereocenters. The minimum absolute atomic E-state index is 0.0376. The lowest BCUT2D eigenvalue weighted by Gasteiger charge is -2.35. The molecule has 0 spiro atoms. The van der Waals surface area contributed by atoms with Gasteiger partial charge in [-0.05, 0) is 80.4 Å². The first kappa shape index (κ1) is 33.6. The van der Waals surface area contributed by atoms with Crippen molar-refractivity contribution in [1.82, 2.24) is 10.2 Å². The molecule has 0 saturated carbocycles. The molecule has 45 heavy (non-hydrogen) atoms. The molecule has 0 radical (unpaired) electrons. The average Bonchev–Trinajstić information content (AvgIpc) is 2.98. The molecule has 8 nitrogen and oxygen atoms in total. The fourth-order valence-electron chi connectivity index (χ4n) is 4.76. The Kier molecular flexibility index (Phi) is 10.9. The van der Waals surface area contributed by atoms with Gasteiger partial charge in [-0.1, -0.05) is 72.3 Å². The molecule has 0 fully saturated rings. The number of nitrogens with one attached hydrogen (secondary N) is 1. The van der Waals surface area contributed by atoms with Crippen LogP contribution in [0.3, 0.4) is 0 Å². The lowest BCUT2D eigenvalue weighted by molar-refractivity contribution is -0.140. The fraction of sp³-hybridized carbons (Fsp3) is 0.257. The van der Waals surface area contributed by atoms with Gasteiger partial charge in [0.05, 0.1) is 11.9 Å². The Hall–Kier alpha value is -4.34. The number of anilines is 1. The van der Waals surface area contributed by atoms with Crippen molar-refractivity contribution in [3.05, 3.63) is 125 Å². The van der Waals surface area contributed by atoms with Crippen LogP contribution in [0.25, 0.3) is 0 Å². The second-order valence-electron chi connectivity index (χ2n) is 11.8. The van der Waals surface area contributed by atoms with E-state index in [0.717, 1.165) is 16.1 Å². The molecule has 1 atom stereocenters. The van der Waals surface area contributed by atoms with E-state index in [0.29, 0.717) is 22.1 Å². The van der Waals surface area contributed by atoms with Gasteiger partial charge in [-0.15, -0.1) is 0 Å². The Balaban J connectivity index is 1.69. The van der Waals surface area contributed by atoms with Crippen LogP contribution in [-0.4, -0.2) is 49.5 Å². The van der Waals surface area contributed by atoms with Gasteiger partial charge in [0.25, 0.3) is 0 Å². The topological polar surface area (TPSA) is 96.0 Å². The third-order valence-corrected chi connectivity index (χ3v) is 8.17. The van der Waals surface area contributed by atoms with E-state index >= 15 is 0 Å². The molecule has 10 heteroatoms. The van der Waals surface area contributed by atoms with Crippen LogP contribution in [-0.2, 0) is 32.6 Å². The zero-order chi connectivity index (χ0) is 32.6. The molecule has 0 aliphatic carbocycles. The molecule has 1 N–H and O–H groups in total. The van der Waals surface area contributed by atoms with Crippen LogP contribution >= 0.6 is 11.6 Å². The second kappa shape index (κ2) is 14.6. The van der Waals surface area contributed by atoms with Crippen LogP contribution in [0.5, 0.6) is 11.5 Å². The number of carbonyl (C=O) groups is 2. The summed E-state index contributed by atoms with van der Waals surface area (Å²) in [6, 6.07) is 31.1. The summed E-state index contributed by atoms with van der Waals surface area (Å²) in [5.41, 5.74) is 1.27. The summed E-state index contributed by atoms with van der Waals surface area (Å²) < 4.78 is 33.0. The number of rotatable bonds is 12. The highest BCUT2D eigenvalue weighted by Crippen LogP contribution is 2.26. The summed E-state index contributed by atoms with van der Waals surface area (Å²) in [5, 5.41) is 3.49. The summed E-state index contributed by atoms with van der Waals surface area (Å²) in [6.45, 7) is 5.11. The van der Waals surface area contributed by atoms with Crippen LogP contribution < -0.4 is 14.4 Å². The van der Waals surface area contributed by atoms with E-state index in [1.807, 2.05) is 87.5 Å². The smallest absolute Gasteiger partial charge is 0.244 e. The molecule has 0 bridgehead atoms. The zero-order valence-corrected chi connectivity index (χ0v) is 27.4. The second-order valence-corrected chi connectivity index (χ2v) is 14.1. The van der Waals surface area contributed by atoms with E-state index < -0.39 is 34.1 Å². The van der Waals surface area contributed by atoms with Gasteiger partial charge in [-0.3, -0.25) is 13.9 Å². The predicted octanol–water partition coefficient (Wildman–Crippen LogP) is 6.45. The molecule has 4 aromatic rings. The first-order chi connectivity index (χ1) is 21.3. The molecule has 0 saturated heterocycles. The lowest BCUT2D eigenvalue weighted by Crippen LogP contribution is -2.56. The van der Waals surface area contributed by atoms with Gasteiger partial charge >= 0.3 is 0 Å². The first-order valence-electron chi connectivity index (χ1n) is 14.5. The van der Waals surface area contributed by atoms with Crippen LogP contribution in [0.4, 0.5) is 5.69 Å². The number of amides is 2. The average molecular weight is 648 g/mol. The van der Waals surface area contributed by atoms with E-state index in [4.69, 9.17) is 16.3 Å². The maximum absolute atomic E-state index is 14.3. The number of ether oxygens (including phenoxy) is 1. The van der Waals surface area contributed by atoms with Crippen molar-refractivity contribution in [3.63, 3.8) is 0 Å². The molecule has 0 aliphatic heterocycles. The molecule has 4 rings (SSSR count). The quantitative estimate of drug-likeness (QED) is 0.191. The predicted molar refractivity (Wildman–Crippen MR) is 179 cm³/mol. The third kappa shape index (κ3) is 10.1. The monoisotopic (exact) mass is 647 g/mol. The summed E-state index contributed by atoms with van der Waals surface area (Å²) in [7, 11) is -3.91. The van der Waals surface area contributed by atoms with Crippen molar-refractivity contribution in [2.75, 3.05) is 17.1 Å². The van der Waals surface area contributed by atoms with Gasteiger partial charge in [0.2, 0.25) is 21.8 Å². The molecular formula is C35H38ClN3O5S. The number of sulfonamides is 1. The number of hydrogen-bond donors (Lipinski definition) is 1. The Morgan fingerprint density at radius 1 is 0.822 bits per heavy atom. The Morgan fingerprint density at radius 2 is 1.40 bits per heavy atom. The van der Waals surface area contributed by atoms with Gasteiger partial charge < -0.3 is 15.0 Å². The molecular weight excluding hydrogens is 610 g/mol. The lowest BCUT2D eigenvalue weighted by atomic mass is 10.0. The van der Waals surface area contributed by atoms with Crippen molar-refractivity contribution in [3.8, 4) is 11.5 Å². The standard InChI is InChI=1S/C35H38ClN3O5S/c1-35(2,3)37-34(41)32(23-26-12-7-5-8-13-26)38(24-27-14-11-15-28(36)22-27)33(40)25-39(45(4,42)43)29-18-20-31(21-19-29)44-30-16-9-6-10-17-30/h5-22,32H,23-25H2,1-4H3,(H,37,41)/t32-/m1/s1. The van der Waals surface area contributed by atoms with Gasteiger partial charge in [0, 0.05) is 23.5 Å². The SMILES string of the molecule is CC(C)(C)NC(=O)[C@@H](Cc1ccccc1)N(Cc1cccc(Cl)c1)C(=O)CN(c1ccc(Oc2ccccc2)cc1)S(C)(=O)=O. The van der Waals surface area contributed by atoms with Gasteiger partial charge in [0.15, 0.2) is 0 Å². The number of para-hydroxylation sites is 1. The van der Waals surface area contributed by atoms with Crippen LogP contribution in [0.2, 0.25) is 5.02 Å². The van der Waals surface area contributed by atoms with Crippen molar-refractivity contribution in [2.45, 2.75) is 45.3 Å². The third-order valence-electron chi connectivity index (χ3n) is 6.79. The van der Waals surface area contributed by atoms with Gasteiger partial charge in [0.1, 0.15) is 24.1 Å². The van der Waals surface area contributed by atoms with E-state index in [2.05, 4.69) is 5.32 Å². The minimum Gasteiger partial charge on any atom is -0.457 e. The van der Waals surface area contributed by atoms with E-state index in [1.165, 1.54) is 4.90 Å². The highest BCUT2D eigenvalue weighted by Gasteiger charge is 2.34. The minimum atomic E-state index is -3.91. The first-order valence-corrected chi connectivity index (χ1v) is 16.7. The number of hydrogen-bond acceptors (Lipinski definition) is 5. The number of carbonyl (C=O) groups excluding carboxylic acids is 2. The molecule has 2 amide bonds. The summed E-state index contributed by atoms with van der Waals surface area (Å²) >= 11 is 6.27. The van der Waals surface area contributed by atoms with Crippen molar-refractivity contribution >= 4 is 39.1 Å². The summed E-state index contributed by atoms with van der Waals surface area (Å²) in [6.07, 6.45) is 1.27. The Labute approximate surface area is 270 Å². The zero-order valence-electron chi connectivity index (χ0n) is 25.8. The van der Waals surface area contributed by atoms with Crippen LogP contribution in [0.15, 0.2) is 109 Å². The molecule has 0 aromatic heterocycles. The van der Waals surface area contributed by atoms with Crippen LogP contribution in [0, 0.1) is 0 Å². The summed E-state index contributed by atoms with van der Waals surface area (Å²) in [4.78, 5) is 29.5. The van der Waals surface area contributed by atoms with Gasteiger partial charge in [-0.2, -0.15) is 0 Å². The number of nitrogens with zero attached hydrogens (tertiary/aromatic N) is 2. The van der Waals surface area contributed by atoms with Crippen molar-refractivity contribution in [2.24, 2.45) is 0 Å². The molecule has 4 aromatic carbocycles. The van der Waals surface area contributed by atoms with E-state index in [-0.39, 0.29) is 24.6 Å². The van der Waals surface area contributed by atoms with Crippen LogP contribution in [0.1, 0.15) is 31.9 Å². The Morgan fingerprint density at radius 3 is 1.98 bits per heavy atom. The van der Waals surface area contributed by atoms with Crippen molar-refractivity contribution < 1.29 is 22.7 Å². The number of benzene rings is 4. The molecule has 236 valence electrons. The largest absolute Gasteiger partial charge is 0.457 e. The Bertz CT molecular complexity index is 1690.